The van der Waals surface area contributed by atoms with E-state index in [1.165, 1.54) is 12.1 Å². The Morgan fingerprint density at radius 2 is 1.59 bits per heavy atom. The summed E-state index contributed by atoms with van der Waals surface area (Å²) < 4.78 is 5.80. The summed E-state index contributed by atoms with van der Waals surface area (Å²) in [5.41, 5.74) is 1.36. The molecule has 3 aromatic carbocycles. The van der Waals surface area contributed by atoms with Crippen molar-refractivity contribution < 1.29 is 19.1 Å². The molecule has 0 saturated carbocycles. The summed E-state index contributed by atoms with van der Waals surface area (Å²) in [4.78, 5) is 38.6. The van der Waals surface area contributed by atoms with Crippen LogP contribution in [0, 0.1) is 0 Å². The molecule has 1 aliphatic heterocycles. The van der Waals surface area contributed by atoms with Crippen LogP contribution in [0.4, 0.5) is 10.5 Å². The first-order valence-electron chi connectivity index (χ1n) is 9.56. The molecule has 0 aromatic heterocycles. The molecule has 0 aliphatic carbocycles. The zero-order chi connectivity index (χ0) is 22.7. The second-order valence-electron chi connectivity index (χ2n) is 6.86. The standard InChI is InChI=1S/C24H16Cl2N2O4/c25-19-9-2-1-7-16(19)14-32-17-8-5-6-15(12-17)13-18-22(29)27-24(31)28(23(18)30)21-11-4-3-10-20(21)26/h1-13H,14H2,(H,27,29,31)/b18-13-. The van der Waals surface area contributed by atoms with Crippen LogP contribution in [0.1, 0.15) is 11.1 Å². The smallest absolute Gasteiger partial charge is 0.335 e. The lowest BCUT2D eigenvalue weighted by Crippen LogP contribution is -2.54. The van der Waals surface area contributed by atoms with Gasteiger partial charge in [-0.25, -0.2) is 9.69 Å². The van der Waals surface area contributed by atoms with Gasteiger partial charge >= 0.3 is 6.03 Å². The molecule has 4 amide bonds. The first-order chi connectivity index (χ1) is 15.4. The summed E-state index contributed by atoms with van der Waals surface area (Å²) in [6, 6.07) is 19.8. The Morgan fingerprint density at radius 1 is 0.875 bits per heavy atom. The van der Waals surface area contributed by atoms with Gasteiger partial charge in [0.05, 0.1) is 10.7 Å². The Bertz CT molecular complexity index is 1260. The number of halogens is 2. The van der Waals surface area contributed by atoms with Crippen molar-refractivity contribution in [2.24, 2.45) is 0 Å². The molecule has 0 bridgehead atoms. The van der Waals surface area contributed by atoms with Gasteiger partial charge in [-0.15, -0.1) is 0 Å². The lowest BCUT2D eigenvalue weighted by molar-refractivity contribution is -0.122. The van der Waals surface area contributed by atoms with Crippen molar-refractivity contribution in [3.8, 4) is 5.75 Å². The number of benzene rings is 3. The summed E-state index contributed by atoms with van der Waals surface area (Å²) >= 11 is 12.3. The molecular formula is C24H16Cl2N2O4. The first-order valence-corrected chi connectivity index (χ1v) is 10.3. The SMILES string of the molecule is O=C1NC(=O)N(c2ccccc2Cl)C(=O)/C1=C\c1cccc(OCc2ccccc2Cl)c1. The number of imide groups is 2. The lowest BCUT2D eigenvalue weighted by Gasteiger charge is -2.27. The number of hydrogen-bond donors (Lipinski definition) is 1. The van der Waals surface area contributed by atoms with Gasteiger partial charge in [0, 0.05) is 10.6 Å². The fourth-order valence-electron chi connectivity index (χ4n) is 3.15. The predicted molar refractivity (Wildman–Crippen MR) is 123 cm³/mol. The summed E-state index contributed by atoms with van der Waals surface area (Å²) in [6.07, 6.45) is 1.40. The summed E-state index contributed by atoms with van der Waals surface area (Å²) in [6.45, 7) is 0.258. The van der Waals surface area contributed by atoms with Gasteiger partial charge in [0.15, 0.2) is 0 Å². The zero-order valence-electron chi connectivity index (χ0n) is 16.5. The molecule has 1 fully saturated rings. The zero-order valence-corrected chi connectivity index (χ0v) is 18.1. The van der Waals surface area contributed by atoms with Crippen molar-refractivity contribution in [2.45, 2.75) is 6.61 Å². The average Bonchev–Trinajstić information content (AvgIpc) is 2.77. The fourth-order valence-corrected chi connectivity index (χ4v) is 3.56. The molecule has 1 saturated heterocycles. The monoisotopic (exact) mass is 466 g/mol. The Hall–Kier alpha value is -3.61. The van der Waals surface area contributed by atoms with Gasteiger partial charge in [0.2, 0.25) is 0 Å². The Morgan fingerprint density at radius 3 is 2.34 bits per heavy atom. The van der Waals surface area contributed by atoms with Crippen molar-refractivity contribution in [3.05, 3.63) is 99.5 Å². The molecule has 6 nitrogen and oxygen atoms in total. The van der Waals surface area contributed by atoms with E-state index in [0.29, 0.717) is 16.3 Å². The second-order valence-corrected chi connectivity index (χ2v) is 7.68. The molecule has 3 aromatic rings. The van der Waals surface area contributed by atoms with Gasteiger partial charge in [-0.3, -0.25) is 14.9 Å². The largest absolute Gasteiger partial charge is 0.489 e. The maximum absolute atomic E-state index is 13.0. The molecule has 0 unspecified atom stereocenters. The minimum absolute atomic E-state index is 0.187. The van der Waals surface area contributed by atoms with Gasteiger partial charge in [-0.1, -0.05) is 65.7 Å². The number of nitrogens with one attached hydrogen (secondary N) is 1. The van der Waals surface area contributed by atoms with E-state index in [1.54, 1.807) is 48.5 Å². The van der Waals surface area contributed by atoms with Crippen LogP contribution in [-0.4, -0.2) is 17.8 Å². The molecule has 1 aliphatic rings. The third kappa shape index (κ3) is 4.51. The number of urea groups is 1. The number of barbiturate groups is 1. The van der Waals surface area contributed by atoms with Crippen LogP contribution in [0.3, 0.4) is 0 Å². The van der Waals surface area contributed by atoms with Crippen LogP contribution >= 0.6 is 23.2 Å². The van der Waals surface area contributed by atoms with E-state index in [1.807, 2.05) is 18.2 Å². The third-order valence-electron chi connectivity index (χ3n) is 4.72. The second kappa shape index (κ2) is 9.26. The van der Waals surface area contributed by atoms with Crippen molar-refractivity contribution in [3.63, 3.8) is 0 Å². The number of nitrogens with zero attached hydrogens (tertiary/aromatic N) is 1. The van der Waals surface area contributed by atoms with E-state index >= 15 is 0 Å². The Labute approximate surface area is 194 Å². The van der Waals surface area contributed by atoms with Gasteiger partial charge < -0.3 is 4.74 Å². The number of hydrogen-bond acceptors (Lipinski definition) is 4. The predicted octanol–water partition coefficient (Wildman–Crippen LogP) is 5.24. The summed E-state index contributed by atoms with van der Waals surface area (Å²) in [5.74, 6) is -1.03. The number of carbonyl (C=O) groups is 3. The first kappa shape index (κ1) is 21.6. The molecule has 1 heterocycles. The normalized spacial score (nSPS) is 15.1. The minimum Gasteiger partial charge on any atom is -0.489 e. The average molecular weight is 467 g/mol. The van der Waals surface area contributed by atoms with Crippen LogP contribution < -0.4 is 15.0 Å². The highest BCUT2D eigenvalue weighted by Crippen LogP contribution is 2.29. The third-order valence-corrected chi connectivity index (χ3v) is 5.40. The Balaban J connectivity index is 1.60. The maximum Gasteiger partial charge on any atom is 0.335 e. The van der Waals surface area contributed by atoms with E-state index in [0.717, 1.165) is 10.5 Å². The molecule has 1 N–H and O–H groups in total. The molecule has 4 rings (SSSR count). The topological polar surface area (TPSA) is 75.7 Å². The molecule has 0 atom stereocenters. The number of para-hydroxylation sites is 1. The molecule has 0 spiro atoms. The van der Waals surface area contributed by atoms with Crippen molar-refractivity contribution in [1.82, 2.24) is 5.32 Å². The van der Waals surface area contributed by atoms with E-state index in [4.69, 9.17) is 27.9 Å². The molecule has 32 heavy (non-hydrogen) atoms. The highest BCUT2D eigenvalue weighted by molar-refractivity contribution is 6.42. The van der Waals surface area contributed by atoms with Crippen LogP contribution in [0.5, 0.6) is 5.75 Å². The van der Waals surface area contributed by atoms with Gasteiger partial charge in [-0.05, 0) is 42.0 Å². The molecule has 8 heteroatoms. The van der Waals surface area contributed by atoms with Crippen LogP contribution in [-0.2, 0) is 16.2 Å². The minimum atomic E-state index is -0.859. The molecule has 0 radical (unpaired) electrons. The molecule has 160 valence electrons. The van der Waals surface area contributed by atoms with Gasteiger partial charge in [0.1, 0.15) is 17.9 Å². The molecular weight excluding hydrogens is 451 g/mol. The number of rotatable bonds is 5. The van der Waals surface area contributed by atoms with Crippen molar-refractivity contribution >= 4 is 52.8 Å². The van der Waals surface area contributed by atoms with Crippen LogP contribution in [0.2, 0.25) is 10.0 Å². The highest BCUT2D eigenvalue weighted by atomic mass is 35.5. The van der Waals surface area contributed by atoms with E-state index in [9.17, 15) is 14.4 Å². The Kier molecular flexibility index (Phi) is 6.25. The van der Waals surface area contributed by atoms with Crippen LogP contribution in [0.25, 0.3) is 6.08 Å². The number of ether oxygens (including phenoxy) is 1. The van der Waals surface area contributed by atoms with E-state index in [2.05, 4.69) is 5.32 Å². The van der Waals surface area contributed by atoms with Crippen LogP contribution in [0.15, 0.2) is 78.4 Å². The number of anilines is 1. The van der Waals surface area contributed by atoms with Crippen molar-refractivity contribution in [1.29, 1.82) is 0 Å². The number of amides is 4. The fraction of sp³-hybridized carbons (Fsp3) is 0.0417. The van der Waals surface area contributed by atoms with Gasteiger partial charge in [0.25, 0.3) is 11.8 Å². The highest BCUT2D eigenvalue weighted by Gasteiger charge is 2.37. The summed E-state index contributed by atoms with van der Waals surface area (Å²) in [5, 5.41) is 2.98. The summed E-state index contributed by atoms with van der Waals surface area (Å²) in [7, 11) is 0. The van der Waals surface area contributed by atoms with E-state index in [-0.39, 0.29) is 22.9 Å². The van der Waals surface area contributed by atoms with E-state index < -0.39 is 17.8 Å². The lowest BCUT2D eigenvalue weighted by atomic mass is 10.1. The number of carbonyl (C=O) groups excluding carboxylic acids is 3. The maximum atomic E-state index is 13.0. The quantitative estimate of drug-likeness (QED) is 0.412. The van der Waals surface area contributed by atoms with Gasteiger partial charge in [-0.2, -0.15) is 0 Å². The van der Waals surface area contributed by atoms with Crippen molar-refractivity contribution in [2.75, 3.05) is 4.90 Å².